The predicted octanol–water partition coefficient (Wildman–Crippen LogP) is 3.48. The molecule has 1 aromatic heterocycles. The van der Waals surface area contributed by atoms with E-state index in [9.17, 15) is 5.11 Å². The Hall–Kier alpha value is -1.45. The van der Waals surface area contributed by atoms with Crippen LogP contribution in [0.2, 0.25) is 0 Å². The Kier molecular flexibility index (Phi) is 5.32. The van der Waals surface area contributed by atoms with Crippen LogP contribution in [0.3, 0.4) is 0 Å². The van der Waals surface area contributed by atoms with Crippen molar-refractivity contribution >= 4 is 10.9 Å². The van der Waals surface area contributed by atoms with E-state index >= 15 is 0 Å². The topological polar surface area (TPSA) is 36.4 Å². The molecule has 21 heavy (non-hydrogen) atoms. The number of para-hydroxylation sites is 1. The van der Waals surface area contributed by atoms with Gasteiger partial charge in [-0.2, -0.15) is 0 Å². The summed E-state index contributed by atoms with van der Waals surface area (Å²) < 4.78 is 0. The summed E-state index contributed by atoms with van der Waals surface area (Å²) >= 11 is 0. The van der Waals surface area contributed by atoms with Crippen molar-refractivity contribution in [3.63, 3.8) is 0 Å². The molecule has 0 fully saturated rings. The van der Waals surface area contributed by atoms with Gasteiger partial charge in [-0.25, -0.2) is 0 Å². The van der Waals surface area contributed by atoms with Crippen LogP contribution in [-0.4, -0.2) is 34.6 Å². The molecule has 0 spiro atoms. The lowest BCUT2D eigenvalue weighted by molar-refractivity contribution is 0.120. The molecule has 2 aromatic rings. The maximum absolute atomic E-state index is 10.6. The van der Waals surface area contributed by atoms with Crippen molar-refractivity contribution in [2.24, 2.45) is 0 Å². The summed E-state index contributed by atoms with van der Waals surface area (Å²) in [5.41, 5.74) is 4.22. The first-order chi connectivity index (χ1) is 10.1. The normalized spacial score (nSPS) is 13.0. The van der Waals surface area contributed by atoms with Gasteiger partial charge >= 0.3 is 0 Å². The number of aliphatic hydroxyl groups excluding tert-OH is 1. The largest absolute Gasteiger partial charge is 0.387 e. The van der Waals surface area contributed by atoms with Crippen LogP contribution in [0.25, 0.3) is 10.9 Å². The van der Waals surface area contributed by atoms with Crippen LogP contribution in [-0.2, 0) is 6.42 Å². The SMILES string of the molecule is CCc1nc2c([C@H](O)CN(CC)CC)cccc2cc1C. The number of likely N-dealkylation sites (N-methyl/N-ethyl adjacent to an activating group) is 1. The zero-order valence-corrected chi connectivity index (χ0v) is 13.6. The Bertz CT molecular complexity index is 605. The van der Waals surface area contributed by atoms with E-state index in [0.717, 1.165) is 41.7 Å². The zero-order chi connectivity index (χ0) is 15.4. The molecule has 0 radical (unpaired) electrons. The van der Waals surface area contributed by atoms with Gasteiger partial charge in [0.1, 0.15) is 0 Å². The lowest BCUT2D eigenvalue weighted by atomic mass is 10.0. The van der Waals surface area contributed by atoms with Crippen molar-refractivity contribution in [3.8, 4) is 0 Å². The van der Waals surface area contributed by atoms with E-state index in [1.807, 2.05) is 12.1 Å². The van der Waals surface area contributed by atoms with E-state index in [1.165, 1.54) is 5.56 Å². The molecule has 0 saturated heterocycles. The first kappa shape index (κ1) is 15.9. The second-order valence-electron chi connectivity index (χ2n) is 5.53. The molecule has 0 bridgehead atoms. The lowest BCUT2D eigenvalue weighted by Gasteiger charge is -2.23. The van der Waals surface area contributed by atoms with Crippen molar-refractivity contribution < 1.29 is 5.11 Å². The summed E-state index contributed by atoms with van der Waals surface area (Å²) in [5.74, 6) is 0. The van der Waals surface area contributed by atoms with Crippen molar-refractivity contribution in [2.75, 3.05) is 19.6 Å². The van der Waals surface area contributed by atoms with Crippen molar-refractivity contribution in [3.05, 3.63) is 41.1 Å². The molecule has 3 nitrogen and oxygen atoms in total. The Labute approximate surface area is 127 Å². The predicted molar refractivity (Wildman–Crippen MR) is 88.6 cm³/mol. The Balaban J connectivity index is 2.43. The van der Waals surface area contributed by atoms with Crippen LogP contribution in [0.1, 0.15) is 43.7 Å². The minimum atomic E-state index is -0.492. The summed E-state index contributed by atoms with van der Waals surface area (Å²) in [6.45, 7) is 11.0. The summed E-state index contributed by atoms with van der Waals surface area (Å²) in [5, 5.41) is 11.7. The summed E-state index contributed by atoms with van der Waals surface area (Å²) in [4.78, 5) is 7.03. The van der Waals surface area contributed by atoms with Crippen LogP contribution in [0, 0.1) is 6.92 Å². The first-order valence-electron chi connectivity index (χ1n) is 7.90. The maximum atomic E-state index is 10.6. The second-order valence-corrected chi connectivity index (χ2v) is 5.53. The summed E-state index contributed by atoms with van der Waals surface area (Å²) in [7, 11) is 0. The maximum Gasteiger partial charge on any atom is 0.0937 e. The van der Waals surface area contributed by atoms with Crippen LogP contribution in [0.15, 0.2) is 24.3 Å². The number of hydrogen-bond acceptors (Lipinski definition) is 3. The van der Waals surface area contributed by atoms with Crippen molar-refractivity contribution in [2.45, 2.75) is 40.2 Å². The molecule has 0 unspecified atom stereocenters. The molecule has 0 saturated carbocycles. The average Bonchev–Trinajstić information content (AvgIpc) is 2.50. The number of pyridine rings is 1. The van der Waals surface area contributed by atoms with Gasteiger partial charge in [0.25, 0.3) is 0 Å². The minimum absolute atomic E-state index is 0.492. The van der Waals surface area contributed by atoms with Gasteiger partial charge in [0, 0.05) is 23.2 Å². The fourth-order valence-corrected chi connectivity index (χ4v) is 2.82. The molecule has 1 N–H and O–H groups in total. The first-order valence-corrected chi connectivity index (χ1v) is 7.90. The Morgan fingerprint density at radius 3 is 2.52 bits per heavy atom. The van der Waals surface area contributed by atoms with Crippen LogP contribution >= 0.6 is 0 Å². The number of nitrogens with zero attached hydrogens (tertiary/aromatic N) is 2. The highest BCUT2D eigenvalue weighted by Crippen LogP contribution is 2.25. The number of rotatable bonds is 6. The van der Waals surface area contributed by atoms with Gasteiger partial charge in [-0.15, -0.1) is 0 Å². The quantitative estimate of drug-likeness (QED) is 0.883. The molecular formula is C18H26N2O. The van der Waals surface area contributed by atoms with Crippen LogP contribution in [0.4, 0.5) is 0 Å². The van der Waals surface area contributed by atoms with Gasteiger partial charge in [-0.05, 0) is 38.1 Å². The lowest BCUT2D eigenvalue weighted by Crippen LogP contribution is -2.28. The van der Waals surface area contributed by atoms with Gasteiger partial charge < -0.3 is 10.0 Å². The van der Waals surface area contributed by atoms with Gasteiger partial charge in [0.15, 0.2) is 0 Å². The number of fused-ring (bicyclic) bond motifs is 1. The summed E-state index contributed by atoms with van der Waals surface area (Å²) in [6.07, 6.45) is 0.427. The molecule has 0 aliphatic rings. The number of aliphatic hydroxyl groups is 1. The van der Waals surface area contributed by atoms with Crippen LogP contribution in [0.5, 0.6) is 0 Å². The highest BCUT2D eigenvalue weighted by Gasteiger charge is 2.15. The molecular weight excluding hydrogens is 260 g/mol. The average molecular weight is 286 g/mol. The van der Waals surface area contributed by atoms with Gasteiger partial charge in [-0.1, -0.05) is 39.0 Å². The molecule has 1 aromatic carbocycles. The fourth-order valence-electron chi connectivity index (χ4n) is 2.82. The van der Waals surface area contributed by atoms with E-state index in [0.29, 0.717) is 6.54 Å². The minimum Gasteiger partial charge on any atom is -0.387 e. The van der Waals surface area contributed by atoms with Crippen molar-refractivity contribution in [1.29, 1.82) is 0 Å². The van der Waals surface area contributed by atoms with E-state index in [1.54, 1.807) is 0 Å². The van der Waals surface area contributed by atoms with Crippen molar-refractivity contribution in [1.82, 2.24) is 9.88 Å². The van der Waals surface area contributed by atoms with Gasteiger partial charge in [0.2, 0.25) is 0 Å². The fraction of sp³-hybridized carbons (Fsp3) is 0.500. The third-order valence-corrected chi connectivity index (χ3v) is 4.19. The molecule has 0 amide bonds. The monoisotopic (exact) mass is 286 g/mol. The van der Waals surface area contributed by atoms with E-state index in [4.69, 9.17) is 4.98 Å². The number of aryl methyl sites for hydroxylation is 2. The second kappa shape index (κ2) is 7.01. The number of benzene rings is 1. The van der Waals surface area contributed by atoms with E-state index < -0.39 is 6.10 Å². The third-order valence-electron chi connectivity index (χ3n) is 4.19. The van der Waals surface area contributed by atoms with E-state index in [2.05, 4.69) is 44.7 Å². The molecule has 0 aliphatic heterocycles. The van der Waals surface area contributed by atoms with Gasteiger partial charge in [-0.3, -0.25) is 4.98 Å². The molecule has 114 valence electrons. The zero-order valence-electron chi connectivity index (χ0n) is 13.6. The highest BCUT2D eigenvalue weighted by atomic mass is 16.3. The summed E-state index contributed by atoms with van der Waals surface area (Å²) in [6, 6.07) is 8.26. The number of aromatic nitrogens is 1. The third kappa shape index (κ3) is 3.42. The standard InChI is InChI=1S/C18H26N2O/c1-5-16-13(4)11-14-9-8-10-15(18(14)19-16)17(21)12-20(6-2)7-3/h8-11,17,21H,5-7,12H2,1-4H3/t17-/m1/s1. The smallest absolute Gasteiger partial charge is 0.0937 e. The molecule has 2 rings (SSSR count). The molecule has 1 heterocycles. The Morgan fingerprint density at radius 1 is 1.19 bits per heavy atom. The Morgan fingerprint density at radius 2 is 1.90 bits per heavy atom. The van der Waals surface area contributed by atoms with Crippen LogP contribution < -0.4 is 0 Å². The number of hydrogen-bond donors (Lipinski definition) is 1. The molecule has 0 aliphatic carbocycles. The van der Waals surface area contributed by atoms with E-state index in [-0.39, 0.29) is 0 Å². The van der Waals surface area contributed by atoms with Gasteiger partial charge in [0.05, 0.1) is 11.6 Å². The molecule has 1 atom stereocenters. The highest BCUT2D eigenvalue weighted by molar-refractivity contribution is 5.83. The molecule has 3 heteroatoms.